The molecule has 13 heteroatoms. The lowest BCUT2D eigenvalue weighted by Crippen LogP contribution is -2.51. The summed E-state index contributed by atoms with van der Waals surface area (Å²) in [7, 11) is 1.29. The van der Waals surface area contributed by atoms with Gasteiger partial charge in [0.1, 0.15) is 17.7 Å². The smallest absolute Gasteiger partial charge is 0.407 e. The van der Waals surface area contributed by atoms with E-state index in [0.717, 1.165) is 83.0 Å². The van der Waals surface area contributed by atoms with Gasteiger partial charge in [-0.3, -0.25) is 9.59 Å². The summed E-state index contributed by atoms with van der Waals surface area (Å²) in [6.07, 6.45) is 9.33. The highest BCUT2D eigenvalue weighted by Crippen LogP contribution is 2.56. The van der Waals surface area contributed by atoms with E-state index in [1.807, 2.05) is 31.1 Å². The van der Waals surface area contributed by atoms with Crippen molar-refractivity contribution in [3.05, 3.63) is 102 Å². The number of rotatable bonds is 11. The summed E-state index contributed by atoms with van der Waals surface area (Å²) in [6.45, 7) is 4.72. The van der Waals surface area contributed by atoms with Crippen LogP contribution < -0.4 is 10.6 Å². The topological polar surface area (TPSA) is 158 Å². The van der Waals surface area contributed by atoms with Gasteiger partial charge >= 0.3 is 6.09 Å². The zero-order valence-corrected chi connectivity index (χ0v) is 31.8. The fraction of sp³-hybridized carbons (Fsp3) is 0.395. The van der Waals surface area contributed by atoms with Gasteiger partial charge in [-0.05, 0) is 83.7 Å². The van der Waals surface area contributed by atoms with Gasteiger partial charge in [0.25, 0.3) is 0 Å². The number of nitrogens with zero attached hydrogens (tertiary/aromatic N) is 4. The number of hydrogen-bond acceptors (Lipinski definition) is 7. The van der Waals surface area contributed by atoms with E-state index in [2.05, 4.69) is 79.1 Å². The lowest BCUT2D eigenvalue weighted by molar-refractivity contribution is -0.135. The number of imidazole rings is 2. The molecule has 2 bridgehead atoms. The van der Waals surface area contributed by atoms with E-state index < -0.39 is 18.1 Å². The molecule has 2 aromatic carbocycles. The highest BCUT2D eigenvalue weighted by molar-refractivity contribution is 5.86. The van der Waals surface area contributed by atoms with Crippen molar-refractivity contribution in [1.29, 1.82) is 0 Å². The van der Waals surface area contributed by atoms with E-state index in [4.69, 9.17) is 9.72 Å². The van der Waals surface area contributed by atoms with Gasteiger partial charge in [0.05, 0.1) is 42.9 Å². The fourth-order valence-electron chi connectivity index (χ4n) is 9.06. The molecule has 4 N–H and O–H groups in total. The number of alkyl carbamates (subject to hydrolysis) is 1. The first-order valence-corrected chi connectivity index (χ1v) is 19.5. The maximum absolute atomic E-state index is 13.5. The number of pyridine rings is 1. The number of amides is 3. The third kappa shape index (κ3) is 7.42. The van der Waals surface area contributed by atoms with Crippen LogP contribution in [0, 0.1) is 29.6 Å². The SMILES string of the molecule is COC(=O)N[C@H](C(=O)N1CCC[C@H]1c1ncc(-c2ccc(-c3ccc(-c4cnc([C@@H]5C6CCC(C6)C5C(=O)NCc5ccc(F)nc5)[nH]4)cc3)cc2)[nH]1)C(C)C. The molecule has 3 fully saturated rings. The van der Waals surface area contributed by atoms with Crippen LogP contribution in [0.15, 0.2) is 79.3 Å². The second kappa shape index (κ2) is 15.7. The standard InChI is InChI=1S/C43H47FN8O4/c1-24(2)38(51-43(55)56-3)42(54)52-18-4-5-34(52)39-46-22-32(49-39)28-11-7-26(8-12-28)27-9-13-29(14-10-27)33-23-47-40(50-33)36-30-15-16-31(19-30)37(36)41(53)48-21-25-6-17-35(44)45-20-25/h6-14,17,20,22-24,30-31,34,36-38H,4-5,15-16,18-19,21H2,1-3H3,(H,46,49)(H,47,50)(H,48,53)(H,51,55)/t30?,31?,34-,36+,37?,38-/m0/s1. The number of halogens is 1. The van der Waals surface area contributed by atoms with Crippen LogP contribution in [0.2, 0.25) is 0 Å². The van der Waals surface area contributed by atoms with Crippen LogP contribution in [0.3, 0.4) is 0 Å². The predicted octanol–water partition coefficient (Wildman–Crippen LogP) is 7.16. The van der Waals surface area contributed by atoms with Crippen LogP contribution in [-0.2, 0) is 20.9 Å². The number of aromatic amines is 2. The third-order valence-electron chi connectivity index (χ3n) is 11.9. The predicted molar refractivity (Wildman–Crippen MR) is 208 cm³/mol. The van der Waals surface area contributed by atoms with Crippen LogP contribution in [0.5, 0.6) is 0 Å². The Morgan fingerprint density at radius 2 is 1.45 bits per heavy atom. The van der Waals surface area contributed by atoms with E-state index in [0.29, 0.717) is 24.9 Å². The molecule has 56 heavy (non-hydrogen) atoms. The molecule has 3 aromatic heterocycles. The van der Waals surface area contributed by atoms with Gasteiger partial charge in [-0.25, -0.2) is 19.7 Å². The summed E-state index contributed by atoms with van der Waals surface area (Å²) < 4.78 is 18.0. The minimum Gasteiger partial charge on any atom is -0.453 e. The Labute approximate surface area is 325 Å². The highest BCUT2D eigenvalue weighted by Gasteiger charge is 2.52. The van der Waals surface area contributed by atoms with E-state index in [1.54, 1.807) is 6.07 Å². The molecule has 2 aliphatic carbocycles. The molecule has 3 aliphatic rings. The van der Waals surface area contributed by atoms with Crippen molar-refractivity contribution < 1.29 is 23.5 Å². The van der Waals surface area contributed by atoms with Gasteiger partial charge < -0.3 is 30.2 Å². The van der Waals surface area contributed by atoms with E-state index in [1.165, 1.54) is 19.4 Å². The lowest BCUT2D eigenvalue weighted by atomic mass is 9.78. The number of hydrogen-bond donors (Lipinski definition) is 4. The lowest BCUT2D eigenvalue weighted by Gasteiger charge is -2.30. The largest absolute Gasteiger partial charge is 0.453 e. The molecule has 2 saturated carbocycles. The van der Waals surface area contributed by atoms with Crippen LogP contribution >= 0.6 is 0 Å². The minimum absolute atomic E-state index is 0.0198. The molecule has 3 amide bonds. The van der Waals surface area contributed by atoms with Crippen molar-refractivity contribution in [2.24, 2.45) is 23.7 Å². The molecule has 1 aliphatic heterocycles. The Bertz CT molecular complexity index is 2180. The maximum Gasteiger partial charge on any atom is 0.407 e. The molecule has 0 spiro atoms. The molecule has 8 rings (SSSR count). The van der Waals surface area contributed by atoms with Crippen molar-refractivity contribution in [1.82, 2.24) is 40.5 Å². The van der Waals surface area contributed by atoms with E-state index in [9.17, 15) is 18.8 Å². The summed E-state index contributed by atoms with van der Waals surface area (Å²) in [5, 5.41) is 5.77. The molecular formula is C43H47FN8O4. The molecule has 290 valence electrons. The number of aromatic nitrogens is 5. The normalized spacial score (nSPS) is 22.0. The third-order valence-corrected chi connectivity index (χ3v) is 11.9. The van der Waals surface area contributed by atoms with Gasteiger partial charge in [0.2, 0.25) is 17.8 Å². The summed E-state index contributed by atoms with van der Waals surface area (Å²) in [5.74, 6) is 1.47. The Morgan fingerprint density at radius 3 is 2.07 bits per heavy atom. The summed E-state index contributed by atoms with van der Waals surface area (Å²) in [5.41, 5.74) is 6.69. The second-order valence-corrected chi connectivity index (χ2v) is 15.7. The minimum atomic E-state index is -0.684. The first-order valence-electron chi connectivity index (χ1n) is 19.5. The van der Waals surface area contributed by atoms with Crippen LogP contribution in [0.4, 0.5) is 9.18 Å². The van der Waals surface area contributed by atoms with Crippen molar-refractivity contribution in [3.8, 4) is 33.6 Å². The number of likely N-dealkylation sites (tertiary alicyclic amines) is 1. The molecule has 0 radical (unpaired) electrons. The first kappa shape index (κ1) is 37.1. The molecular weight excluding hydrogens is 712 g/mol. The maximum atomic E-state index is 13.5. The monoisotopic (exact) mass is 758 g/mol. The number of ether oxygens (including phenoxy) is 1. The van der Waals surface area contributed by atoms with Gasteiger partial charge in [0.15, 0.2) is 0 Å². The van der Waals surface area contributed by atoms with Crippen LogP contribution in [0.1, 0.15) is 75.1 Å². The number of fused-ring (bicyclic) bond motifs is 2. The van der Waals surface area contributed by atoms with Gasteiger partial charge in [0, 0.05) is 25.2 Å². The van der Waals surface area contributed by atoms with Crippen molar-refractivity contribution in [3.63, 3.8) is 0 Å². The molecule has 5 aromatic rings. The summed E-state index contributed by atoms with van der Waals surface area (Å²) in [6, 6.07) is 18.7. The average Bonchev–Trinajstić information content (AvgIpc) is 4.08. The zero-order chi connectivity index (χ0) is 38.9. The number of carbonyl (C=O) groups is 3. The second-order valence-electron chi connectivity index (χ2n) is 15.7. The number of H-pyrrole nitrogens is 2. The van der Waals surface area contributed by atoms with Crippen molar-refractivity contribution >= 4 is 17.9 Å². The van der Waals surface area contributed by atoms with E-state index in [-0.39, 0.29) is 35.6 Å². The number of methoxy groups -OCH3 is 1. The van der Waals surface area contributed by atoms with E-state index >= 15 is 0 Å². The number of nitrogens with one attached hydrogen (secondary N) is 4. The van der Waals surface area contributed by atoms with Gasteiger partial charge in [-0.15, -0.1) is 0 Å². The Morgan fingerprint density at radius 1 is 0.821 bits per heavy atom. The Balaban J connectivity index is 0.914. The highest BCUT2D eigenvalue weighted by atomic mass is 19.1. The molecule has 6 atom stereocenters. The molecule has 12 nitrogen and oxygen atoms in total. The van der Waals surface area contributed by atoms with Crippen molar-refractivity contribution in [2.45, 2.75) is 70.5 Å². The zero-order valence-electron chi connectivity index (χ0n) is 31.8. The quantitative estimate of drug-likeness (QED) is 0.104. The van der Waals surface area contributed by atoms with Gasteiger partial charge in [-0.2, -0.15) is 4.39 Å². The van der Waals surface area contributed by atoms with Crippen LogP contribution in [0.25, 0.3) is 33.6 Å². The molecule has 4 heterocycles. The first-order chi connectivity index (χ1) is 27.2. The Kier molecular flexibility index (Phi) is 10.4. The Hall–Kier alpha value is -5.85. The fourth-order valence-corrected chi connectivity index (χ4v) is 9.06. The summed E-state index contributed by atoms with van der Waals surface area (Å²) >= 11 is 0. The summed E-state index contributed by atoms with van der Waals surface area (Å²) in [4.78, 5) is 61.0. The van der Waals surface area contributed by atoms with Crippen LogP contribution in [-0.4, -0.2) is 67.4 Å². The molecule has 3 unspecified atom stereocenters. The molecule has 1 saturated heterocycles. The van der Waals surface area contributed by atoms with Gasteiger partial charge in [-0.1, -0.05) is 68.4 Å². The van der Waals surface area contributed by atoms with Crippen molar-refractivity contribution in [2.75, 3.05) is 13.7 Å². The average molecular weight is 759 g/mol. The number of carbonyl (C=O) groups excluding carboxylic acids is 3. The number of benzene rings is 2.